The van der Waals surface area contributed by atoms with Crippen LogP contribution in [0.25, 0.3) is 0 Å². The van der Waals surface area contributed by atoms with Gasteiger partial charge in [-0.1, -0.05) is 35.9 Å². The predicted molar refractivity (Wildman–Crippen MR) is 100 cm³/mol. The van der Waals surface area contributed by atoms with Crippen LogP contribution < -0.4 is 14.8 Å². The van der Waals surface area contributed by atoms with Gasteiger partial charge in [0.15, 0.2) is 11.5 Å². The lowest BCUT2D eigenvalue weighted by molar-refractivity contribution is -0.121. The molecule has 0 radical (unpaired) electrons. The molecule has 134 valence electrons. The molecule has 0 heterocycles. The summed E-state index contributed by atoms with van der Waals surface area (Å²) in [5.41, 5.74) is 0.989. The summed E-state index contributed by atoms with van der Waals surface area (Å²) in [5, 5.41) is 3.64. The SMILES string of the molecule is CCOc1ccccc1OCCCC(=O)N[C@@H](C)c1cccc(Cl)c1. The zero-order chi connectivity index (χ0) is 18.1. The zero-order valence-electron chi connectivity index (χ0n) is 14.6. The van der Waals surface area contributed by atoms with Crippen molar-refractivity contribution in [3.8, 4) is 11.5 Å². The Labute approximate surface area is 154 Å². The van der Waals surface area contributed by atoms with E-state index in [1.807, 2.05) is 62.4 Å². The van der Waals surface area contributed by atoms with Crippen LogP contribution in [0.5, 0.6) is 11.5 Å². The Hall–Kier alpha value is -2.20. The number of carbonyl (C=O) groups excluding carboxylic acids is 1. The van der Waals surface area contributed by atoms with E-state index in [0.717, 1.165) is 11.3 Å². The van der Waals surface area contributed by atoms with Gasteiger partial charge in [-0.15, -0.1) is 0 Å². The number of para-hydroxylation sites is 2. The number of amides is 1. The molecular formula is C20H24ClNO3. The van der Waals surface area contributed by atoms with Crippen LogP contribution in [0.4, 0.5) is 0 Å². The molecule has 0 unspecified atom stereocenters. The van der Waals surface area contributed by atoms with Crippen molar-refractivity contribution in [3.63, 3.8) is 0 Å². The predicted octanol–water partition coefficient (Wildman–Crippen LogP) is 4.78. The molecule has 0 fully saturated rings. The van der Waals surface area contributed by atoms with Gasteiger partial charge in [0.1, 0.15) is 0 Å². The quantitative estimate of drug-likeness (QED) is 0.654. The van der Waals surface area contributed by atoms with Crippen molar-refractivity contribution >= 4 is 17.5 Å². The first-order chi connectivity index (χ1) is 12.1. The maximum absolute atomic E-state index is 12.1. The normalized spacial score (nSPS) is 11.6. The van der Waals surface area contributed by atoms with Crippen LogP contribution in [0.1, 0.15) is 38.3 Å². The number of nitrogens with one attached hydrogen (secondary N) is 1. The highest BCUT2D eigenvalue weighted by Crippen LogP contribution is 2.26. The third-order valence-corrected chi connectivity index (χ3v) is 3.92. The third kappa shape index (κ3) is 6.31. The van der Waals surface area contributed by atoms with E-state index in [-0.39, 0.29) is 11.9 Å². The number of hydrogen-bond donors (Lipinski definition) is 1. The molecule has 1 N–H and O–H groups in total. The van der Waals surface area contributed by atoms with Crippen LogP contribution in [0.3, 0.4) is 0 Å². The van der Waals surface area contributed by atoms with Crippen LogP contribution >= 0.6 is 11.6 Å². The molecule has 0 aromatic heterocycles. The summed E-state index contributed by atoms with van der Waals surface area (Å²) in [5.74, 6) is 1.43. The van der Waals surface area contributed by atoms with Crippen molar-refractivity contribution in [2.24, 2.45) is 0 Å². The first-order valence-corrected chi connectivity index (χ1v) is 8.87. The van der Waals surface area contributed by atoms with E-state index in [1.54, 1.807) is 0 Å². The minimum atomic E-state index is -0.0780. The second-order valence-electron chi connectivity index (χ2n) is 5.68. The number of halogens is 1. The van der Waals surface area contributed by atoms with E-state index in [4.69, 9.17) is 21.1 Å². The molecule has 0 aliphatic carbocycles. The van der Waals surface area contributed by atoms with Gasteiger partial charge in [-0.3, -0.25) is 4.79 Å². The molecule has 2 aromatic rings. The summed E-state index contributed by atoms with van der Waals surface area (Å²) >= 11 is 5.98. The topological polar surface area (TPSA) is 47.6 Å². The molecule has 5 heteroatoms. The van der Waals surface area contributed by atoms with Crippen LogP contribution in [0.15, 0.2) is 48.5 Å². The van der Waals surface area contributed by atoms with Gasteiger partial charge >= 0.3 is 0 Å². The lowest BCUT2D eigenvalue weighted by Crippen LogP contribution is -2.26. The van der Waals surface area contributed by atoms with Gasteiger partial charge in [0, 0.05) is 11.4 Å². The maximum atomic E-state index is 12.1. The first-order valence-electron chi connectivity index (χ1n) is 8.49. The molecule has 0 saturated carbocycles. The minimum Gasteiger partial charge on any atom is -0.490 e. The van der Waals surface area contributed by atoms with E-state index in [0.29, 0.717) is 36.8 Å². The van der Waals surface area contributed by atoms with Crippen molar-refractivity contribution in [2.75, 3.05) is 13.2 Å². The maximum Gasteiger partial charge on any atom is 0.220 e. The van der Waals surface area contributed by atoms with Crippen molar-refractivity contribution in [3.05, 3.63) is 59.1 Å². The molecule has 2 aromatic carbocycles. The average Bonchev–Trinajstić information content (AvgIpc) is 2.60. The molecule has 0 saturated heterocycles. The Morgan fingerprint density at radius 1 is 1.12 bits per heavy atom. The van der Waals surface area contributed by atoms with E-state index in [2.05, 4.69) is 5.32 Å². The summed E-state index contributed by atoms with van der Waals surface area (Å²) in [7, 11) is 0. The van der Waals surface area contributed by atoms with Gasteiger partial charge in [0.25, 0.3) is 0 Å². The number of rotatable bonds is 9. The molecule has 0 aliphatic heterocycles. The number of benzene rings is 2. The summed E-state index contributed by atoms with van der Waals surface area (Å²) in [6.07, 6.45) is 1.04. The van der Waals surface area contributed by atoms with Gasteiger partial charge in [0.05, 0.1) is 19.3 Å². The number of hydrogen-bond acceptors (Lipinski definition) is 3. The summed E-state index contributed by atoms with van der Waals surface area (Å²) in [4.78, 5) is 12.1. The number of ether oxygens (including phenoxy) is 2. The zero-order valence-corrected chi connectivity index (χ0v) is 15.4. The highest BCUT2D eigenvalue weighted by Gasteiger charge is 2.10. The second-order valence-corrected chi connectivity index (χ2v) is 6.11. The molecule has 25 heavy (non-hydrogen) atoms. The van der Waals surface area contributed by atoms with Crippen molar-refractivity contribution in [2.45, 2.75) is 32.7 Å². The van der Waals surface area contributed by atoms with E-state index in [1.165, 1.54) is 0 Å². The Bertz CT molecular complexity index is 690. The van der Waals surface area contributed by atoms with E-state index >= 15 is 0 Å². The van der Waals surface area contributed by atoms with E-state index in [9.17, 15) is 4.79 Å². The van der Waals surface area contributed by atoms with Crippen LogP contribution in [-0.4, -0.2) is 19.1 Å². The van der Waals surface area contributed by atoms with Gasteiger partial charge in [-0.2, -0.15) is 0 Å². The second kappa shape index (κ2) is 9.94. The fourth-order valence-corrected chi connectivity index (χ4v) is 2.63. The monoisotopic (exact) mass is 361 g/mol. The van der Waals surface area contributed by atoms with Gasteiger partial charge in [0.2, 0.25) is 5.91 Å². The standard InChI is InChI=1S/C20H24ClNO3/c1-3-24-18-10-4-5-11-19(18)25-13-7-12-20(23)22-15(2)16-8-6-9-17(21)14-16/h4-6,8-11,14-15H,3,7,12-13H2,1-2H3,(H,22,23)/t15-/m0/s1. The Morgan fingerprint density at radius 2 is 1.84 bits per heavy atom. The first kappa shape index (κ1) is 19.1. The molecule has 0 spiro atoms. The summed E-state index contributed by atoms with van der Waals surface area (Å²) in [6, 6.07) is 15.0. The highest BCUT2D eigenvalue weighted by atomic mass is 35.5. The van der Waals surface area contributed by atoms with Crippen LogP contribution in [0, 0.1) is 0 Å². The minimum absolute atomic E-state index is 0.00540. The fourth-order valence-electron chi connectivity index (χ4n) is 2.43. The van der Waals surface area contributed by atoms with Crippen molar-refractivity contribution < 1.29 is 14.3 Å². The summed E-state index contributed by atoms with van der Waals surface area (Å²) in [6.45, 7) is 4.92. The molecule has 1 atom stereocenters. The van der Waals surface area contributed by atoms with Gasteiger partial charge in [-0.25, -0.2) is 0 Å². The highest BCUT2D eigenvalue weighted by molar-refractivity contribution is 6.30. The van der Waals surface area contributed by atoms with Crippen molar-refractivity contribution in [1.29, 1.82) is 0 Å². The van der Waals surface area contributed by atoms with Gasteiger partial charge < -0.3 is 14.8 Å². The molecule has 0 bridgehead atoms. The molecule has 2 rings (SSSR count). The molecule has 1 amide bonds. The Balaban J connectivity index is 1.74. The van der Waals surface area contributed by atoms with E-state index < -0.39 is 0 Å². The smallest absolute Gasteiger partial charge is 0.220 e. The number of carbonyl (C=O) groups is 1. The van der Waals surface area contributed by atoms with Gasteiger partial charge in [-0.05, 0) is 50.1 Å². The Morgan fingerprint density at radius 3 is 2.52 bits per heavy atom. The summed E-state index contributed by atoms with van der Waals surface area (Å²) < 4.78 is 11.2. The lowest BCUT2D eigenvalue weighted by atomic mass is 10.1. The fraction of sp³-hybridized carbons (Fsp3) is 0.350. The van der Waals surface area contributed by atoms with Crippen LogP contribution in [-0.2, 0) is 4.79 Å². The lowest BCUT2D eigenvalue weighted by Gasteiger charge is -2.15. The molecule has 0 aliphatic rings. The average molecular weight is 362 g/mol. The van der Waals surface area contributed by atoms with Crippen LogP contribution in [0.2, 0.25) is 5.02 Å². The third-order valence-electron chi connectivity index (χ3n) is 3.68. The molecular weight excluding hydrogens is 338 g/mol. The van der Waals surface area contributed by atoms with Crippen molar-refractivity contribution in [1.82, 2.24) is 5.32 Å². The largest absolute Gasteiger partial charge is 0.490 e. The molecule has 4 nitrogen and oxygen atoms in total. The Kier molecular flexibility index (Phi) is 7.61.